The highest BCUT2D eigenvalue weighted by Gasteiger charge is 2.37. The lowest BCUT2D eigenvalue weighted by Gasteiger charge is -2.36. The average Bonchev–Trinajstić information content (AvgIpc) is 3.17. The van der Waals surface area contributed by atoms with Crippen LogP contribution in [-0.4, -0.2) is 24.6 Å². The first-order chi connectivity index (χ1) is 12.3. The van der Waals surface area contributed by atoms with E-state index >= 15 is 0 Å². The van der Waals surface area contributed by atoms with E-state index in [-0.39, 0.29) is 0 Å². The van der Waals surface area contributed by atoms with Gasteiger partial charge >= 0.3 is 0 Å². The number of rotatable bonds is 5. The zero-order valence-corrected chi connectivity index (χ0v) is 14.8. The Kier molecular flexibility index (Phi) is 4.93. The van der Waals surface area contributed by atoms with Crippen molar-refractivity contribution in [1.29, 1.82) is 0 Å². The Morgan fingerprint density at radius 1 is 1.04 bits per heavy atom. The van der Waals surface area contributed by atoms with Crippen molar-refractivity contribution < 1.29 is 9.47 Å². The summed E-state index contributed by atoms with van der Waals surface area (Å²) in [5.74, 6) is 0. The van der Waals surface area contributed by atoms with Crippen molar-refractivity contribution in [1.82, 2.24) is 4.90 Å². The summed E-state index contributed by atoms with van der Waals surface area (Å²) in [5.41, 5.74) is 3.62. The van der Waals surface area contributed by atoms with Crippen molar-refractivity contribution in [3.8, 4) is 0 Å². The molecule has 0 spiro atoms. The second-order valence-electron chi connectivity index (χ2n) is 7.34. The summed E-state index contributed by atoms with van der Waals surface area (Å²) in [5, 5.41) is 0. The van der Waals surface area contributed by atoms with E-state index in [1.54, 1.807) is 12.5 Å². The monoisotopic (exact) mass is 337 g/mol. The lowest BCUT2D eigenvalue weighted by molar-refractivity contribution is -0.0636. The first-order valence-electron chi connectivity index (χ1n) is 9.45. The zero-order valence-electron chi connectivity index (χ0n) is 14.8. The molecule has 0 saturated carbocycles. The van der Waals surface area contributed by atoms with Crippen molar-refractivity contribution in [2.24, 2.45) is 0 Å². The maximum Gasteiger partial charge on any atom is 0.171 e. The Labute approximate surface area is 150 Å². The van der Waals surface area contributed by atoms with Gasteiger partial charge in [0.15, 0.2) is 5.60 Å². The number of hydrogen-bond donors (Lipinski definition) is 0. The van der Waals surface area contributed by atoms with E-state index < -0.39 is 5.60 Å². The van der Waals surface area contributed by atoms with E-state index in [2.05, 4.69) is 47.4 Å². The van der Waals surface area contributed by atoms with Crippen LogP contribution in [-0.2, 0) is 21.6 Å². The van der Waals surface area contributed by atoms with Crippen LogP contribution < -0.4 is 0 Å². The first-order valence-corrected chi connectivity index (χ1v) is 9.45. The summed E-state index contributed by atoms with van der Waals surface area (Å²) in [6, 6.07) is 8.97. The third-order valence-corrected chi connectivity index (χ3v) is 5.46. The normalized spacial score (nSPS) is 26.2. The minimum atomic E-state index is -0.405. The van der Waals surface area contributed by atoms with Crippen LogP contribution in [0.2, 0.25) is 0 Å². The van der Waals surface area contributed by atoms with Crippen molar-refractivity contribution in [3.63, 3.8) is 0 Å². The summed E-state index contributed by atoms with van der Waals surface area (Å²) in [6.07, 6.45) is 15.7. The third kappa shape index (κ3) is 3.82. The van der Waals surface area contributed by atoms with E-state index in [0.29, 0.717) is 6.61 Å². The van der Waals surface area contributed by atoms with Gasteiger partial charge in [0.25, 0.3) is 0 Å². The molecule has 0 aromatic heterocycles. The number of likely N-dealkylation sites (tertiary alicyclic amines) is 1. The topological polar surface area (TPSA) is 21.7 Å². The van der Waals surface area contributed by atoms with E-state index in [0.717, 1.165) is 25.8 Å². The Balaban J connectivity index is 1.53. The molecule has 1 aliphatic carbocycles. The SMILES string of the molecule is C1=CCCC(CC2(c3ccc(CN4CCCC4)cc3)COC=CO2)=C1. The number of allylic oxidation sites excluding steroid dienone is 3. The second kappa shape index (κ2) is 7.49. The standard InChI is InChI=1S/C22H27NO2/c1-2-6-19(7-3-1)16-22(18-24-14-15-25-22)21-10-8-20(9-11-21)17-23-12-4-5-13-23/h1-2,6,8-11,14-15H,3-5,7,12-13,16-18H2. The second-order valence-corrected chi connectivity index (χ2v) is 7.34. The molecule has 0 radical (unpaired) electrons. The van der Waals surface area contributed by atoms with Crippen LogP contribution in [0.15, 0.2) is 60.6 Å². The molecule has 1 unspecified atom stereocenters. The Hall–Kier alpha value is -2.00. The van der Waals surface area contributed by atoms with E-state index in [9.17, 15) is 0 Å². The number of hydrogen-bond acceptors (Lipinski definition) is 3. The van der Waals surface area contributed by atoms with E-state index in [1.807, 2.05) is 0 Å². The maximum atomic E-state index is 6.15. The molecular weight excluding hydrogens is 310 g/mol. The number of nitrogens with zero attached hydrogens (tertiary/aromatic N) is 1. The van der Waals surface area contributed by atoms with E-state index in [4.69, 9.17) is 9.47 Å². The quantitative estimate of drug-likeness (QED) is 0.780. The van der Waals surface area contributed by atoms with E-state index in [1.165, 1.54) is 42.6 Å². The molecule has 0 bridgehead atoms. The molecule has 4 rings (SSSR count). The maximum absolute atomic E-state index is 6.15. The van der Waals surface area contributed by atoms with Crippen molar-refractivity contribution in [2.45, 2.75) is 44.2 Å². The largest absolute Gasteiger partial charge is 0.493 e. The summed E-state index contributed by atoms with van der Waals surface area (Å²) < 4.78 is 11.8. The molecule has 1 fully saturated rings. The third-order valence-electron chi connectivity index (χ3n) is 5.46. The van der Waals surface area contributed by atoms with Gasteiger partial charge in [-0.3, -0.25) is 4.90 Å². The minimum Gasteiger partial charge on any atom is -0.493 e. The molecule has 1 aromatic carbocycles. The predicted octanol–water partition coefficient (Wildman–Crippen LogP) is 4.66. The lowest BCUT2D eigenvalue weighted by atomic mass is 9.84. The zero-order chi connectivity index (χ0) is 17.0. The van der Waals surface area contributed by atoms with Crippen molar-refractivity contribution in [2.75, 3.05) is 19.7 Å². The molecule has 0 N–H and O–H groups in total. The van der Waals surface area contributed by atoms with Crippen LogP contribution in [0.4, 0.5) is 0 Å². The van der Waals surface area contributed by atoms with Gasteiger partial charge in [-0.15, -0.1) is 0 Å². The van der Waals surface area contributed by atoms with Crippen LogP contribution in [0.25, 0.3) is 0 Å². The van der Waals surface area contributed by atoms with Gasteiger partial charge < -0.3 is 9.47 Å². The molecule has 3 nitrogen and oxygen atoms in total. The predicted molar refractivity (Wildman–Crippen MR) is 99.9 cm³/mol. The first kappa shape index (κ1) is 16.5. The van der Waals surface area contributed by atoms with Gasteiger partial charge in [-0.05, 0) is 49.9 Å². The molecule has 2 heterocycles. The van der Waals surface area contributed by atoms with Gasteiger partial charge in [0.05, 0.1) is 0 Å². The van der Waals surface area contributed by atoms with Gasteiger partial charge in [0.1, 0.15) is 19.1 Å². The van der Waals surface area contributed by atoms with Crippen LogP contribution in [0.1, 0.15) is 43.2 Å². The molecule has 1 saturated heterocycles. The average molecular weight is 337 g/mol. The molecule has 0 amide bonds. The highest BCUT2D eigenvalue weighted by Crippen LogP contribution is 2.37. The van der Waals surface area contributed by atoms with Gasteiger partial charge in [-0.1, -0.05) is 48.1 Å². The van der Waals surface area contributed by atoms with Crippen LogP contribution in [0.5, 0.6) is 0 Å². The Morgan fingerprint density at radius 3 is 2.56 bits per heavy atom. The van der Waals surface area contributed by atoms with Crippen LogP contribution >= 0.6 is 0 Å². The minimum absolute atomic E-state index is 0.405. The molecule has 1 aromatic rings. The molecule has 3 aliphatic rings. The molecule has 3 heteroatoms. The van der Waals surface area contributed by atoms with Gasteiger partial charge in [-0.25, -0.2) is 0 Å². The van der Waals surface area contributed by atoms with Crippen molar-refractivity contribution in [3.05, 3.63) is 71.7 Å². The van der Waals surface area contributed by atoms with Crippen molar-refractivity contribution >= 4 is 0 Å². The van der Waals surface area contributed by atoms with Gasteiger partial charge in [0.2, 0.25) is 0 Å². The molecule has 132 valence electrons. The van der Waals surface area contributed by atoms with Gasteiger partial charge in [-0.2, -0.15) is 0 Å². The highest BCUT2D eigenvalue weighted by atomic mass is 16.6. The fraction of sp³-hybridized carbons (Fsp3) is 0.455. The summed E-state index contributed by atoms with van der Waals surface area (Å²) >= 11 is 0. The lowest BCUT2D eigenvalue weighted by Crippen LogP contribution is -2.36. The molecular formula is C22H27NO2. The Bertz CT molecular complexity index is 668. The Morgan fingerprint density at radius 2 is 1.88 bits per heavy atom. The molecule has 1 atom stereocenters. The number of benzene rings is 1. The number of ether oxygens (including phenoxy) is 2. The molecule has 25 heavy (non-hydrogen) atoms. The fourth-order valence-corrected chi connectivity index (χ4v) is 4.04. The van der Waals surface area contributed by atoms with Gasteiger partial charge in [0, 0.05) is 13.0 Å². The van der Waals surface area contributed by atoms with Crippen LogP contribution in [0.3, 0.4) is 0 Å². The smallest absolute Gasteiger partial charge is 0.171 e. The summed E-state index contributed by atoms with van der Waals surface area (Å²) in [4.78, 5) is 2.53. The summed E-state index contributed by atoms with van der Waals surface area (Å²) in [7, 11) is 0. The summed E-state index contributed by atoms with van der Waals surface area (Å²) in [6.45, 7) is 4.08. The highest BCUT2D eigenvalue weighted by molar-refractivity contribution is 5.31. The fourth-order valence-electron chi connectivity index (χ4n) is 4.04. The van der Waals surface area contributed by atoms with Crippen LogP contribution in [0, 0.1) is 0 Å². The molecule has 2 aliphatic heterocycles.